The largest absolute Gasteiger partial charge is 0.459 e. The molecule has 1 aromatic carbocycles. The second kappa shape index (κ2) is 27.5. The van der Waals surface area contributed by atoms with Gasteiger partial charge in [-0.25, -0.2) is 13.8 Å². The predicted molar refractivity (Wildman–Crippen MR) is 288 cm³/mol. The fourth-order valence-corrected chi connectivity index (χ4v) is 12.0. The molecule has 3 aliphatic heterocycles. The third kappa shape index (κ3) is 15.1. The van der Waals surface area contributed by atoms with E-state index in [2.05, 4.69) is 20.6 Å². The van der Waals surface area contributed by atoms with E-state index in [1.165, 1.54) is 37.4 Å². The molecule has 20 atom stereocenters. The van der Waals surface area contributed by atoms with E-state index in [0.717, 1.165) is 0 Å². The van der Waals surface area contributed by atoms with Crippen LogP contribution >= 0.6 is 0 Å². The highest BCUT2D eigenvalue weighted by molar-refractivity contribution is 5.73. The van der Waals surface area contributed by atoms with Gasteiger partial charge in [-0.15, -0.1) is 10.2 Å². The van der Waals surface area contributed by atoms with Gasteiger partial charge in [0.05, 0.1) is 59.1 Å². The molecular weight excluding hydrogens is 1040 g/mol. The lowest BCUT2D eigenvalue weighted by Crippen LogP contribution is -2.61. The van der Waals surface area contributed by atoms with Crippen LogP contribution in [0.25, 0.3) is 5.69 Å². The highest BCUT2D eigenvalue weighted by Gasteiger charge is 2.53. The summed E-state index contributed by atoms with van der Waals surface area (Å²) in [6, 6.07) is 5.21. The smallest absolute Gasteiger partial charge is 0.311 e. The van der Waals surface area contributed by atoms with Crippen LogP contribution in [0.5, 0.6) is 0 Å². The molecule has 5 N–H and O–H groups in total. The van der Waals surface area contributed by atoms with Crippen molar-refractivity contribution in [2.24, 2.45) is 17.8 Å². The van der Waals surface area contributed by atoms with E-state index >= 15 is 4.39 Å². The van der Waals surface area contributed by atoms with Crippen LogP contribution in [0, 0.1) is 17.8 Å². The molecule has 452 valence electrons. The molecule has 3 aliphatic rings. The van der Waals surface area contributed by atoms with Crippen molar-refractivity contribution < 1.29 is 77.4 Å². The van der Waals surface area contributed by atoms with Gasteiger partial charge >= 0.3 is 11.9 Å². The van der Waals surface area contributed by atoms with Crippen molar-refractivity contribution in [3.05, 3.63) is 53.6 Å². The van der Waals surface area contributed by atoms with E-state index in [4.69, 9.17) is 37.9 Å². The molecule has 0 radical (unpaired) electrons. The summed E-state index contributed by atoms with van der Waals surface area (Å²) >= 11 is 0. The predicted octanol–water partition coefficient (Wildman–Crippen LogP) is 3.65. The summed E-state index contributed by atoms with van der Waals surface area (Å²) in [7, 11) is 6.68. The molecule has 0 aliphatic carbocycles. The first-order chi connectivity index (χ1) is 37.6. The monoisotopic (exact) mass is 1130 g/mol. The summed E-state index contributed by atoms with van der Waals surface area (Å²) in [5, 5.41) is 76.8. The van der Waals surface area contributed by atoms with Crippen LogP contribution in [0.3, 0.4) is 0 Å². The Morgan fingerprint density at radius 1 is 0.938 bits per heavy atom. The molecule has 23 nitrogen and oxygen atoms in total. The van der Waals surface area contributed by atoms with Crippen molar-refractivity contribution in [3.8, 4) is 5.69 Å². The number of benzene rings is 1. The Morgan fingerprint density at radius 2 is 1.61 bits per heavy atom. The fraction of sp³-hybridized carbons (Fsp3) is 0.786. The summed E-state index contributed by atoms with van der Waals surface area (Å²) < 4.78 is 67.2. The lowest BCUT2D eigenvalue weighted by atomic mass is 9.77. The average molecular weight is 1140 g/mol. The number of alkyl halides is 1. The van der Waals surface area contributed by atoms with Crippen LogP contribution in [-0.4, -0.2) is 216 Å². The summed E-state index contributed by atoms with van der Waals surface area (Å²) in [5.41, 5.74) is -2.22. The number of rotatable bonds is 18. The van der Waals surface area contributed by atoms with Crippen molar-refractivity contribution in [3.63, 3.8) is 0 Å². The first kappa shape index (κ1) is 65.0. The Kier molecular flexibility index (Phi) is 22.3. The van der Waals surface area contributed by atoms with Crippen LogP contribution in [-0.2, 0) is 60.5 Å². The van der Waals surface area contributed by atoms with E-state index in [-0.39, 0.29) is 31.8 Å². The number of aliphatic hydroxyl groups excluding tert-OH is 3. The highest BCUT2D eigenvalue weighted by Crippen LogP contribution is 2.41. The van der Waals surface area contributed by atoms with Gasteiger partial charge in [-0.1, -0.05) is 43.3 Å². The van der Waals surface area contributed by atoms with Gasteiger partial charge in [0.2, 0.25) is 0 Å². The zero-order chi connectivity index (χ0) is 59.2. The van der Waals surface area contributed by atoms with Crippen molar-refractivity contribution in [1.82, 2.24) is 39.8 Å². The lowest BCUT2D eigenvalue weighted by molar-refractivity contribution is -0.318. The molecule has 3 fully saturated rings. The summed E-state index contributed by atoms with van der Waals surface area (Å²) in [5.74, 6) is -3.36. The van der Waals surface area contributed by atoms with Gasteiger partial charge in [-0.2, -0.15) is 0 Å². The molecular formula is C56H91FN8O15. The topological polar surface area (TPSA) is 277 Å². The molecule has 3 saturated heterocycles. The molecule has 0 unspecified atom stereocenters. The Bertz CT molecular complexity index is 2430. The van der Waals surface area contributed by atoms with Crippen molar-refractivity contribution in [2.75, 3.05) is 48.1 Å². The maximum Gasteiger partial charge on any atom is 0.311 e. The molecule has 0 amide bonds. The SMILES string of the molecule is CC[C@H]1OC(=O)[C@H](C)[C@@H](O[C@H]2C[C@@](C)(OC)[C@@H](O)[C@H](C)O2)[C@H](C)[C@@H](O[C@@H]2O[C@H](C)C[C@H](N(C)CCc3cn([C@H](CF)[C@H](OC)c4ccc(-n5cc(COC(C)=O)nn5)cc4)nn3)[C@H]2O)[C@](C)(O)C[C@@H](C)CN(C)[C@H](C)[C@@H](O)[C@]1(C)O. The Morgan fingerprint density at radius 3 is 2.24 bits per heavy atom. The number of carbonyl (C=O) groups is 2. The highest BCUT2D eigenvalue weighted by atomic mass is 19.1. The number of cyclic esters (lactones) is 1. The number of esters is 2. The molecule has 0 bridgehead atoms. The molecule has 5 heterocycles. The number of hydrogen-bond donors (Lipinski definition) is 5. The van der Waals surface area contributed by atoms with Crippen molar-refractivity contribution >= 4 is 11.9 Å². The Hall–Kier alpha value is -4.15. The van der Waals surface area contributed by atoms with E-state index in [1.807, 2.05) is 37.7 Å². The molecule has 80 heavy (non-hydrogen) atoms. The number of aromatic nitrogens is 6. The molecule has 2 aromatic heterocycles. The number of aliphatic hydroxyl groups is 5. The Labute approximate surface area is 470 Å². The zero-order valence-electron chi connectivity index (χ0n) is 49.4. The summed E-state index contributed by atoms with van der Waals surface area (Å²) in [6.07, 6.45) is -6.71. The van der Waals surface area contributed by atoms with Gasteiger partial charge < -0.3 is 73.2 Å². The van der Waals surface area contributed by atoms with Gasteiger partial charge in [0.1, 0.15) is 61.1 Å². The maximum atomic E-state index is 15.0. The lowest BCUT2D eigenvalue weighted by Gasteiger charge is -2.49. The number of nitrogens with zero attached hydrogens (tertiary/aromatic N) is 8. The zero-order valence-corrected chi connectivity index (χ0v) is 49.4. The van der Waals surface area contributed by atoms with Crippen LogP contribution < -0.4 is 0 Å². The van der Waals surface area contributed by atoms with Crippen molar-refractivity contribution in [1.29, 1.82) is 0 Å². The number of ether oxygens (including phenoxy) is 8. The maximum absolute atomic E-state index is 15.0. The Balaban J connectivity index is 1.23. The average Bonchev–Trinajstić information content (AvgIpc) is 4.14. The molecule has 3 aromatic rings. The van der Waals surface area contributed by atoms with Crippen LogP contribution in [0.2, 0.25) is 0 Å². The van der Waals surface area contributed by atoms with E-state index in [9.17, 15) is 35.1 Å². The normalized spacial score (nSPS) is 37.1. The number of halogens is 1. The number of carbonyl (C=O) groups excluding carboxylic acids is 2. The van der Waals surface area contributed by atoms with Crippen LogP contribution in [0.4, 0.5) is 4.39 Å². The fourth-order valence-electron chi connectivity index (χ4n) is 12.0. The third-order valence-electron chi connectivity index (χ3n) is 16.9. The quantitative estimate of drug-likeness (QED) is 0.114. The van der Waals surface area contributed by atoms with E-state index in [0.29, 0.717) is 48.6 Å². The number of hydrogen-bond acceptors (Lipinski definition) is 21. The first-order valence-corrected chi connectivity index (χ1v) is 28.0. The van der Waals surface area contributed by atoms with Crippen LogP contribution in [0.1, 0.15) is 131 Å². The minimum absolute atomic E-state index is 0.00802. The second-order valence-electron chi connectivity index (χ2n) is 23.5. The van der Waals surface area contributed by atoms with Gasteiger partial charge in [-0.3, -0.25) is 9.59 Å². The second-order valence-corrected chi connectivity index (χ2v) is 23.5. The molecule has 0 saturated carbocycles. The molecule has 6 rings (SSSR count). The summed E-state index contributed by atoms with van der Waals surface area (Å²) in [4.78, 5) is 29.7. The molecule has 24 heteroatoms. The van der Waals surface area contributed by atoms with Gasteiger partial charge in [0.15, 0.2) is 12.6 Å². The first-order valence-electron chi connectivity index (χ1n) is 28.0. The van der Waals surface area contributed by atoms with E-state index in [1.54, 1.807) is 85.1 Å². The number of likely N-dealkylation sites (N-methyl/N-ethyl adjacent to an activating group) is 2. The van der Waals surface area contributed by atoms with Gasteiger partial charge in [0, 0.05) is 71.3 Å². The van der Waals surface area contributed by atoms with Crippen LogP contribution in [0.15, 0.2) is 36.7 Å². The minimum atomic E-state index is -1.86. The minimum Gasteiger partial charge on any atom is -0.459 e. The van der Waals surface area contributed by atoms with Crippen molar-refractivity contribution in [2.45, 2.75) is 217 Å². The summed E-state index contributed by atoms with van der Waals surface area (Å²) in [6.45, 7) is 18.6. The number of methoxy groups -OCH3 is 2. The van der Waals surface area contributed by atoms with E-state index < -0.39 is 133 Å². The van der Waals surface area contributed by atoms with Gasteiger partial charge in [-0.05, 0) is 105 Å². The molecule has 0 spiro atoms. The third-order valence-corrected chi connectivity index (χ3v) is 16.9. The van der Waals surface area contributed by atoms with Gasteiger partial charge in [0.25, 0.3) is 0 Å². The standard InChI is InChI=1S/C56H91FN8O15/c1-16-44-56(11,72)49(68)35(6)63(13)27-31(2)24-54(9,71)51(33(4)47(34(5)52(70)78-44)79-45-25-55(10,74-15)50(69)36(7)77-45)80-53-46(67)42(23-32(3)76-53)62(12)22-21-39-28-65(61-58-39)43(26-57)48(73-14)38-17-19-41(20-18-38)64-29-40(59-60-64)30-75-37(8)66/h17-20,28-29,31-36,42-51,53,67-69,71-72H,16,21-27,30H2,1-15H3/t31-,32-,33+,34-,35-,36+,42+,43-,44-,45+,46-,47+,48-,49-,50+,51-,53+,54-,55-,56-/m1/s1.